The highest BCUT2D eigenvalue weighted by Gasteiger charge is 2.19. The molecule has 0 aliphatic carbocycles. The van der Waals surface area contributed by atoms with Crippen molar-refractivity contribution in [3.05, 3.63) is 35.9 Å². The van der Waals surface area contributed by atoms with Gasteiger partial charge in [-0.3, -0.25) is 0 Å². The van der Waals surface area contributed by atoms with Gasteiger partial charge in [-0.25, -0.2) is 4.79 Å². The highest BCUT2D eigenvalue weighted by molar-refractivity contribution is 5.68. The first-order valence-corrected chi connectivity index (χ1v) is 7.22. The zero-order valence-corrected chi connectivity index (χ0v) is 13.1. The molecule has 21 heavy (non-hydrogen) atoms. The number of nitrogens with one attached hydrogen (secondary N) is 1. The topological polar surface area (TPSA) is 73.6 Å². The molecule has 1 atom stereocenters. The van der Waals surface area contributed by atoms with Gasteiger partial charge in [0.05, 0.1) is 19.3 Å². The fourth-order valence-electron chi connectivity index (χ4n) is 1.77. The summed E-state index contributed by atoms with van der Waals surface area (Å²) < 4.78 is 10.9. The molecule has 0 fully saturated rings. The molecule has 0 heterocycles. The normalized spacial score (nSPS) is 12.8. The van der Waals surface area contributed by atoms with E-state index in [1.807, 2.05) is 51.1 Å². The van der Waals surface area contributed by atoms with Gasteiger partial charge in [-0.15, -0.1) is 0 Å². The maximum absolute atomic E-state index is 11.7. The van der Waals surface area contributed by atoms with E-state index >= 15 is 0 Å². The molecule has 5 heteroatoms. The molecular formula is C16H26N2O3. The summed E-state index contributed by atoms with van der Waals surface area (Å²) >= 11 is 0. The largest absolute Gasteiger partial charge is 0.444 e. The summed E-state index contributed by atoms with van der Waals surface area (Å²) in [6, 6.07) is 9.75. The Morgan fingerprint density at radius 2 is 1.95 bits per heavy atom. The lowest BCUT2D eigenvalue weighted by atomic mass is 10.2. The highest BCUT2D eigenvalue weighted by Crippen LogP contribution is 2.07. The molecule has 1 amide bonds. The third-order valence-electron chi connectivity index (χ3n) is 2.67. The maximum Gasteiger partial charge on any atom is 0.407 e. The predicted octanol–water partition coefficient (Wildman–Crippen LogP) is 2.45. The van der Waals surface area contributed by atoms with Gasteiger partial charge in [0.2, 0.25) is 0 Å². The zero-order valence-electron chi connectivity index (χ0n) is 13.1. The second-order valence-electron chi connectivity index (χ2n) is 5.92. The third-order valence-corrected chi connectivity index (χ3v) is 2.67. The Balaban J connectivity index is 2.37. The van der Waals surface area contributed by atoms with Crippen LogP contribution in [0.25, 0.3) is 0 Å². The Hall–Kier alpha value is -1.59. The van der Waals surface area contributed by atoms with Crippen molar-refractivity contribution in [3.8, 4) is 0 Å². The van der Waals surface area contributed by atoms with E-state index in [-0.39, 0.29) is 6.04 Å². The van der Waals surface area contributed by atoms with Crippen LogP contribution in [-0.4, -0.2) is 30.9 Å². The lowest BCUT2D eigenvalue weighted by Crippen LogP contribution is -2.42. The number of hydrogen-bond acceptors (Lipinski definition) is 4. The molecule has 1 aromatic carbocycles. The number of carbonyl (C=O) groups is 1. The Bertz CT molecular complexity index is 415. The molecule has 0 spiro atoms. The van der Waals surface area contributed by atoms with Crippen molar-refractivity contribution in [1.29, 1.82) is 0 Å². The van der Waals surface area contributed by atoms with Crippen LogP contribution in [0.1, 0.15) is 32.8 Å². The van der Waals surface area contributed by atoms with E-state index < -0.39 is 11.7 Å². The van der Waals surface area contributed by atoms with E-state index in [9.17, 15) is 4.79 Å². The van der Waals surface area contributed by atoms with Crippen molar-refractivity contribution in [2.45, 2.75) is 45.4 Å². The first-order valence-electron chi connectivity index (χ1n) is 7.22. The summed E-state index contributed by atoms with van der Waals surface area (Å²) in [5, 5.41) is 2.79. The molecule has 0 saturated heterocycles. The Morgan fingerprint density at radius 1 is 1.29 bits per heavy atom. The van der Waals surface area contributed by atoms with Crippen LogP contribution < -0.4 is 11.1 Å². The van der Waals surface area contributed by atoms with Crippen LogP contribution in [-0.2, 0) is 16.1 Å². The number of nitrogens with two attached hydrogens (primary N) is 1. The molecule has 118 valence electrons. The molecule has 1 aromatic rings. The number of benzene rings is 1. The average Bonchev–Trinajstić information content (AvgIpc) is 2.38. The molecule has 0 unspecified atom stereocenters. The van der Waals surface area contributed by atoms with Gasteiger partial charge in [-0.1, -0.05) is 30.3 Å². The smallest absolute Gasteiger partial charge is 0.407 e. The number of rotatable bonds is 7. The summed E-state index contributed by atoms with van der Waals surface area (Å²) in [5.74, 6) is 0. The molecule has 0 bridgehead atoms. The first-order chi connectivity index (χ1) is 9.90. The molecule has 5 nitrogen and oxygen atoms in total. The number of alkyl carbamates (subject to hydrolysis) is 1. The monoisotopic (exact) mass is 294 g/mol. The third kappa shape index (κ3) is 8.32. The van der Waals surface area contributed by atoms with Crippen LogP contribution in [0.3, 0.4) is 0 Å². The van der Waals surface area contributed by atoms with Gasteiger partial charge in [0.1, 0.15) is 5.60 Å². The van der Waals surface area contributed by atoms with Gasteiger partial charge in [0.25, 0.3) is 0 Å². The molecule has 0 saturated carbocycles. The highest BCUT2D eigenvalue weighted by atomic mass is 16.6. The average molecular weight is 294 g/mol. The summed E-state index contributed by atoms with van der Waals surface area (Å²) in [6.07, 6.45) is 0.206. The van der Waals surface area contributed by atoms with Crippen molar-refractivity contribution in [2.24, 2.45) is 5.73 Å². The van der Waals surface area contributed by atoms with E-state index in [4.69, 9.17) is 15.2 Å². The summed E-state index contributed by atoms with van der Waals surface area (Å²) in [4.78, 5) is 11.7. The van der Waals surface area contributed by atoms with Gasteiger partial charge >= 0.3 is 6.09 Å². The SMILES string of the molecule is CC(C)(C)OC(=O)N[C@@H](CCN)COCc1ccccc1. The lowest BCUT2D eigenvalue weighted by molar-refractivity contribution is 0.0424. The van der Waals surface area contributed by atoms with E-state index in [1.165, 1.54) is 0 Å². The molecule has 0 aromatic heterocycles. The molecular weight excluding hydrogens is 268 g/mol. The number of amides is 1. The van der Waals surface area contributed by atoms with E-state index in [2.05, 4.69) is 5.32 Å². The molecule has 0 aliphatic heterocycles. The molecule has 0 radical (unpaired) electrons. The standard InChI is InChI=1S/C16H26N2O3/c1-16(2,3)21-15(19)18-14(9-10-17)12-20-11-13-7-5-4-6-8-13/h4-8,14H,9-12,17H2,1-3H3,(H,18,19)/t14-/m0/s1. The first kappa shape index (κ1) is 17.5. The maximum atomic E-state index is 11.7. The number of hydrogen-bond donors (Lipinski definition) is 2. The molecule has 3 N–H and O–H groups in total. The number of carbonyl (C=O) groups excluding carboxylic acids is 1. The summed E-state index contributed by atoms with van der Waals surface area (Å²) in [7, 11) is 0. The second-order valence-corrected chi connectivity index (χ2v) is 5.92. The van der Waals surface area contributed by atoms with Crippen LogP contribution in [0, 0.1) is 0 Å². The van der Waals surface area contributed by atoms with Crippen molar-refractivity contribution in [2.75, 3.05) is 13.2 Å². The van der Waals surface area contributed by atoms with Gasteiger partial charge in [-0.05, 0) is 39.3 Å². The molecule has 0 aliphatic rings. The summed E-state index contributed by atoms with van der Waals surface area (Å²) in [5.41, 5.74) is 6.15. The van der Waals surface area contributed by atoms with Gasteiger partial charge in [0, 0.05) is 0 Å². The van der Waals surface area contributed by atoms with Crippen LogP contribution >= 0.6 is 0 Å². The fraction of sp³-hybridized carbons (Fsp3) is 0.562. The number of ether oxygens (including phenoxy) is 2. The minimum absolute atomic E-state index is 0.145. The fourth-order valence-corrected chi connectivity index (χ4v) is 1.77. The van der Waals surface area contributed by atoms with Gasteiger partial charge < -0.3 is 20.5 Å². The van der Waals surface area contributed by atoms with Crippen molar-refractivity contribution >= 4 is 6.09 Å². The van der Waals surface area contributed by atoms with Crippen molar-refractivity contribution in [1.82, 2.24) is 5.32 Å². The van der Waals surface area contributed by atoms with E-state index in [1.54, 1.807) is 0 Å². The van der Waals surface area contributed by atoms with Crippen molar-refractivity contribution < 1.29 is 14.3 Å². The Labute approximate surface area is 126 Å². The molecule has 1 rings (SSSR count). The zero-order chi connectivity index (χ0) is 15.7. The predicted molar refractivity (Wildman–Crippen MR) is 82.9 cm³/mol. The minimum Gasteiger partial charge on any atom is -0.444 e. The van der Waals surface area contributed by atoms with Crippen LogP contribution in [0.15, 0.2) is 30.3 Å². The lowest BCUT2D eigenvalue weighted by Gasteiger charge is -2.23. The van der Waals surface area contributed by atoms with Crippen LogP contribution in [0.5, 0.6) is 0 Å². The Kier molecular flexibility index (Phi) is 7.19. The van der Waals surface area contributed by atoms with Crippen molar-refractivity contribution in [3.63, 3.8) is 0 Å². The van der Waals surface area contributed by atoms with E-state index in [0.29, 0.717) is 26.2 Å². The second kappa shape index (κ2) is 8.64. The summed E-state index contributed by atoms with van der Waals surface area (Å²) in [6.45, 7) is 6.89. The minimum atomic E-state index is -0.512. The van der Waals surface area contributed by atoms with Gasteiger partial charge in [-0.2, -0.15) is 0 Å². The quantitative estimate of drug-likeness (QED) is 0.810. The van der Waals surface area contributed by atoms with Crippen LogP contribution in [0.4, 0.5) is 4.79 Å². The Morgan fingerprint density at radius 3 is 2.52 bits per heavy atom. The van der Waals surface area contributed by atoms with Gasteiger partial charge in [0.15, 0.2) is 0 Å². The van der Waals surface area contributed by atoms with E-state index in [0.717, 1.165) is 5.56 Å². The van der Waals surface area contributed by atoms with Crippen LogP contribution in [0.2, 0.25) is 0 Å².